The van der Waals surface area contributed by atoms with Gasteiger partial charge in [0, 0.05) is 17.3 Å². The van der Waals surface area contributed by atoms with Gasteiger partial charge < -0.3 is 10.6 Å². The van der Waals surface area contributed by atoms with Gasteiger partial charge in [0.05, 0.1) is 0 Å². The molecular formula is C14H26N2OS. The second-order valence-electron chi connectivity index (χ2n) is 5.67. The van der Waals surface area contributed by atoms with Crippen LogP contribution in [0.2, 0.25) is 0 Å². The zero-order chi connectivity index (χ0) is 12.8. The highest BCUT2D eigenvalue weighted by atomic mass is 32.2. The van der Waals surface area contributed by atoms with Gasteiger partial charge >= 0.3 is 6.03 Å². The molecule has 0 saturated heterocycles. The van der Waals surface area contributed by atoms with E-state index >= 15 is 0 Å². The van der Waals surface area contributed by atoms with Crippen LogP contribution >= 0.6 is 11.8 Å². The van der Waals surface area contributed by atoms with Gasteiger partial charge in [-0.3, -0.25) is 0 Å². The normalized spacial score (nSPS) is 29.8. The monoisotopic (exact) mass is 270 g/mol. The van der Waals surface area contributed by atoms with Gasteiger partial charge in [0.1, 0.15) is 0 Å². The highest BCUT2D eigenvalue weighted by molar-refractivity contribution is 7.99. The van der Waals surface area contributed by atoms with Crippen molar-refractivity contribution in [2.45, 2.75) is 75.1 Å². The lowest BCUT2D eigenvalue weighted by Crippen LogP contribution is -2.48. The molecule has 2 aliphatic carbocycles. The van der Waals surface area contributed by atoms with Crippen molar-refractivity contribution in [3.63, 3.8) is 0 Å². The van der Waals surface area contributed by atoms with E-state index in [0.717, 1.165) is 30.9 Å². The molecule has 104 valence electrons. The average Bonchev–Trinajstić information content (AvgIpc) is 2.40. The van der Waals surface area contributed by atoms with Crippen molar-refractivity contribution < 1.29 is 4.79 Å². The van der Waals surface area contributed by atoms with E-state index in [1.54, 1.807) is 0 Å². The molecule has 2 unspecified atom stereocenters. The summed E-state index contributed by atoms with van der Waals surface area (Å²) in [6.45, 7) is 0. The molecule has 0 aromatic rings. The molecule has 2 amide bonds. The summed E-state index contributed by atoms with van der Waals surface area (Å²) < 4.78 is 0. The first-order valence-electron chi connectivity index (χ1n) is 7.37. The lowest BCUT2D eigenvalue weighted by atomic mass is 9.94. The van der Waals surface area contributed by atoms with E-state index in [0.29, 0.717) is 12.1 Å². The van der Waals surface area contributed by atoms with Crippen molar-refractivity contribution in [3.8, 4) is 0 Å². The molecule has 18 heavy (non-hydrogen) atoms. The summed E-state index contributed by atoms with van der Waals surface area (Å²) in [4.78, 5) is 11.9. The first-order valence-corrected chi connectivity index (χ1v) is 8.66. The number of amides is 2. The topological polar surface area (TPSA) is 41.1 Å². The quantitative estimate of drug-likeness (QED) is 0.826. The molecule has 2 atom stereocenters. The fourth-order valence-corrected chi connectivity index (χ4v) is 3.98. The third-order valence-corrected chi connectivity index (χ3v) is 5.33. The first kappa shape index (κ1) is 14.0. The van der Waals surface area contributed by atoms with Crippen LogP contribution in [0.15, 0.2) is 0 Å². The first-order chi connectivity index (χ1) is 8.78. The standard InChI is InChI=1S/C14H26N2OS/c1-18-13-9-5-8-12(10-13)16-14(17)15-11-6-3-2-4-7-11/h11-13H,2-10H2,1H3,(H2,15,16,17). The summed E-state index contributed by atoms with van der Waals surface area (Å²) in [5.74, 6) is 0. The summed E-state index contributed by atoms with van der Waals surface area (Å²) in [6, 6.07) is 0.868. The molecule has 0 radical (unpaired) electrons. The van der Waals surface area contributed by atoms with Crippen LogP contribution in [0.3, 0.4) is 0 Å². The average molecular weight is 270 g/mol. The fraction of sp³-hybridized carbons (Fsp3) is 0.929. The van der Waals surface area contributed by atoms with Crippen molar-refractivity contribution in [1.29, 1.82) is 0 Å². The van der Waals surface area contributed by atoms with Gasteiger partial charge in [0.2, 0.25) is 0 Å². The zero-order valence-electron chi connectivity index (χ0n) is 11.4. The van der Waals surface area contributed by atoms with E-state index in [9.17, 15) is 4.79 Å². The number of urea groups is 1. The van der Waals surface area contributed by atoms with Gasteiger partial charge in [-0.1, -0.05) is 25.7 Å². The second-order valence-corrected chi connectivity index (χ2v) is 6.81. The predicted molar refractivity (Wildman–Crippen MR) is 78.1 cm³/mol. The largest absolute Gasteiger partial charge is 0.335 e. The van der Waals surface area contributed by atoms with E-state index in [1.165, 1.54) is 32.1 Å². The van der Waals surface area contributed by atoms with Crippen LogP contribution in [0.4, 0.5) is 4.79 Å². The smallest absolute Gasteiger partial charge is 0.315 e. The Bertz CT molecular complexity index is 267. The molecule has 0 bridgehead atoms. The minimum atomic E-state index is 0.0636. The van der Waals surface area contributed by atoms with Crippen LogP contribution in [0.25, 0.3) is 0 Å². The molecule has 0 spiro atoms. The minimum Gasteiger partial charge on any atom is -0.335 e. The van der Waals surface area contributed by atoms with Gasteiger partial charge in [0.25, 0.3) is 0 Å². The van der Waals surface area contributed by atoms with Gasteiger partial charge in [0.15, 0.2) is 0 Å². The molecule has 3 nitrogen and oxygen atoms in total. The van der Waals surface area contributed by atoms with E-state index in [-0.39, 0.29) is 6.03 Å². The van der Waals surface area contributed by atoms with E-state index < -0.39 is 0 Å². The summed E-state index contributed by atoms with van der Waals surface area (Å²) in [5, 5.41) is 7.04. The molecule has 2 N–H and O–H groups in total. The van der Waals surface area contributed by atoms with Crippen molar-refractivity contribution in [3.05, 3.63) is 0 Å². The maximum atomic E-state index is 11.9. The molecule has 2 rings (SSSR count). The Kier molecular flexibility index (Phi) is 5.67. The summed E-state index contributed by atoms with van der Waals surface area (Å²) in [5.41, 5.74) is 0. The van der Waals surface area contributed by atoms with Crippen LogP contribution in [-0.2, 0) is 0 Å². The lowest BCUT2D eigenvalue weighted by molar-refractivity contribution is 0.225. The molecule has 2 saturated carbocycles. The number of carbonyl (C=O) groups excluding carboxylic acids is 1. The van der Waals surface area contributed by atoms with Crippen molar-refractivity contribution >= 4 is 17.8 Å². The zero-order valence-corrected chi connectivity index (χ0v) is 12.2. The highest BCUT2D eigenvalue weighted by Gasteiger charge is 2.23. The molecule has 0 aromatic carbocycles. The predicted octanol–water partition coefficient (Wildman–Crippen LogP) is 3.29. The molecule has 2 aliphatic rings. The minimum absolute atomic E-state index is 0.0636. The van der Waals surface area contributed by atoms with Gasteiger partial charge in [-0.25, -0.2) is 4.79 Å². The number of nitrogens with one attached hydrogen (secondary N) is 2. The SMILES string of the molecule is CSC1CCCC(NC(=O)NC2CCCCC2)C1. The van der Waals surface area contributed by atoms with Crippen LogP contribution in [0.1, 0.15) is 57.8 Å². The molecule has 0 aliphatic heterocycles. The summed E-state index contributed by atoms with van der Waals surface area (Å²) >= 11 is 1.94. The van der Waals surface area contributed by atoms with Gasteiger partial charge in [-0.2, -0.15) is 11.8 Å². The van der Waals surface area contributed by atoms with Gasteiger partial charge in [-0.15, -0.1) is 0 Å². The van der Waals surface area contributed by atoms with E-state index in [1.807, 2.05) is 11.8 Å². The number of thioether (sulfide) groups is 1. The third-order valence-electron chi connectivity index (χ3n) is 4.24. The van der Waals surface area contributed by atoms with Crippen LogP contribution in [0.5, 0.6) is 0 Å². The molecule has 2 fully saturated rings. The Morgan fingerprint density at radius 3 is 2.33 bits per heavy atom. The molecule has 4 heteroatoms. The summed E-state index contributed by atoms with van der Waals surface area (Å²) in [7, 11) is 0. The van der Waals surface area contributed by atoms with Crippen LogP contribution in [0, 0.1) is 0 Å². The fourth-order valence-electron chi connectivity index (χ4n) is 3.15. The molecular weight excluding hydrogens is 244 g/mol. The van der Waals surface area contributed by atoms with E-state index in [4.69, 9.17) is 0 Å². The Morgan fingerprint density at radius 2 is 1.61 bits per heavy atom. The van der Waals surface area contributed by atoms with Crippen molar-refractivity contribution in [2.75, 3.05) is 6.26 Å². The number of hydrogen-bond acceptors (Lipinski definition) is 2. The second kappa shape index (κ2) is 7.27. The van der Waals surface area contributed by atoms with Crippen LogP contribution < -0.4 is 10.6 Å². The number of rotatable bonds is 3. The molecule has 0 heterocycles. The highest BCUT2D eigenvalue weighted by Crippen LogP contribution is 2.26. The lowest BCUT2D eigenvalue weighted by Gasteiger charge is -2.30. The maximum absolute atomic E-state index is 11.9. The third kappa shape index (κ3) is 4.38. The van der Waals surface area contributed by atoms with Crippen LogP contribution in [-0.4, -0.2) is 29.6 Å². The Morgan fingerprint density at radius 1 is 0.944 bits per heavy atom. The Labute approximate surface area is 115 Å². The number of carbonyl (C=O) groups is 1. The van der Waals surface area contributed by atoms with Crippen molar-refractivity contribution in [2.24, 2.45) is 0 Å². The van der Waals surface area contributed by atoms with Gasteiger partial charge in [-0.05, 0) is 38.4 Å². The maximum Gasteiger partial charge on any atom is 0.315 e. The Hall–Kier alpha value is -0.380. The molecule has 0 aromatic heterocycles. The Balaban J connectivity index is 1.69. The number of hydrogen-bond donors (Lipinski definition) is 2. The summed E-state index contributed by atoms with van der Waals surface area (Å²) in [6.07, 6.45) is 13.2. The van der Waals surface area contributed by atoms with E-state index in [2.05, 4.69) is 16.9 Å². The van der Waals surface area contributed by atoms with Crippen molar-refractivity contribution in [1.82, 2.24) is 10.6 Å².